The van der Waals surface area contributed by atoms with Gasteiger partial charge in [0.05, 0.1) is 6.54 Å². The zero-order valence-electron chi connectivity index (χ0n) is 13.5. The minimum atomic E-state index is -0.724. The Morgan fingerprint density at radius 2 is 1.96 bits per heavy atom. The molecule has 6 nitrogen and oxygen atoms in total. The van der Waals surface area contributed by atoms with E-state index in [0.717, 1.165) is 5.56 Å². The van der Waals surface area contributed by atoms with Gasteiger partial charge in [-0.3, -0.25) is 4.90 Å². The van der Waals surface area contributed by atoms with Crippen molar-refractivity contribution in [2.75, 3.05) is 6.54 Å². The van der Waals surface area contributed by atoms with Crippen LogP contribution in [0.1, 0.15) is 26.3 Å². The van der Waals surface area contributed by atoms with E-state index < -0.39 is 23.7 Å². The molecule has 1 aromatic rings. The molecule has 0 saturated carbocycles. The second-order valence-electron chi connectivity index (χ2n) is 6.81. The van der Waals surface area contributed by atoms with Gasteiger partial charge in [-0.15, -0.1) is 0 Å². The first kappa shape index (κ1) is 15.8. The number of amides is 1. The van der Waals surface area contributed by atoms with Gasteiger partial charge in [0.15, 0.2) is 6.04 Å². The predicted octanol–water partition coefficient (Wildman–Crippen LogP) is 2.12. The fourth-order valence-electron chi connectivity index (χ4n) is 2.65. The van der Waals surface area contributed by atoms with E-state index >= 15 is 0 Å². The highest BCUT2D eigenvalue weighted by Crippen LogP contribution is 2.38. The minimum Gasteiger partial charge on any atom is -0.459 e. The van der Waals surface area contributed by atoms with Gasteiger partial charge in [0, 0.05) is 0 Å². The lowest BCUT2D eigenvalue weighted by atomic mass is 10.2. The molecular weight excluding hydrogens is 298 g/mol. The minimum absolute atomic E-state index is 0.0863. The number of hydrogen-bond donors (Lipinski definition) is 0. The molecule has 0 bridgehead atoms. The van der Waals surface area contributed by atoms with Crippen molar-refractivity contribution >= 4 is 12.1 Å². The molecule has 124 valence electrons. The summed E-state index contributed by atoms with van der Waals surface area (Å²) < 4.78 is 16.1. The Balaban J connectivity index is 1.62. The summed E-state index contributed by atoms with van der Waals surface area (Å²) >= 11 is 0. The third-order valence-electron chi connectivity index (χ3n) is 3.74. The third-order valence-corrected chi connectivity index (χ3v) is 3.74. The lowest BCUT2D eigenvalue weighted by Crippen LogP contribution is -2.47. The molecule has 1 amide bonds. The topological polar surface area (TPSA) is 68.4 Å². The Hall–Kier alpha value is -2.08. The third kappa shape index (κ3) is 3.64. The molecule has 0 radical (unpaired) electrons. The van der Waals surface area contributed by atoms with Crippen molar-refractivity contribution in [2.24, 2.45) is 0 Å². The monoisotopic (exact) mass is 319 g/mol. The van der Waals surface area contributed by atoms with Crippen molar-refractivity contribution in [2.45, 2.75) is 51.2 Å². The Labute approximate surface area is 135 Å². The molecule has 1 unspecified atom stereocenters. The average Bonchev–Trinajstić information content (AvgIpc) is 3.14. The summed E-state index contributed by atoms with van der Waals surface area (Å²) in [6, 6.07) is 8.69. The van der Waals surface area contributed by atoms with Gasteiger partial charge in [0.25, 0.3) is 0 Å². The maximum Gasteiger partial charge on any atom is 0.411 e. The molecule has 3 atom stereocenters. The number of carbonyl (C=O) groups is 2. The van der Waals surface area contributed by atoms with E-state index in [9.17, 15) is 9.59 Å². The number of morpholine rings is 1. The molecule has 1 aromatic carbocycles. The highest BCUT2D eigenvalue weighted by atomic mass is 16.6. The van der Waals surface area contributed by atoms with Crippen molar-refractivity contribution < 1.29 is 23.8 Å². The van der Waals surface area contributed by atoms with Crippen LogP contribution in [0.15, 0.2) is 30.3 Å². The van der Waals surface area contributed by atoms with Crippen molar-refractivity contribution in [3.05, 3.63) is 35.9 Å². The van der Waals surface area contributed by atoms with Crippen LogP contribution in [0.4, 0.5) is 4.79 Å². The average molecular weight is 319 g/mol. The maximum absolute atomic E-state index is 12.4. The Morgan fingerprint density at radius 3 is 2.61 bits per heavy atom. The number of fused-ring (bicyclic) bond motifs is 1. The molecule has 0 N–H and O–H groups in total. The van der Waals surface area contributed by atoms with E-state index in [1.807, 2.05) is 30.3 Å². The highest BCUT2D eigenvalue weighted by molar-refractivity contribution is 5.84. The molecule has 2 aliphatic rings. The predicted molar refractivity (Wildman–Crippen MR) is 81.6 cm³/mol. The second kappa shape index (κ2) is 5.85. The van der Waals surface area contributed by atoms with Gasteiger partial charge >= 0.3 is 12.1 Å². The van der Waals surface area contributed by atoms with Crippen LogP contribution >= 0.6 is 0 Å². The van der Waals surface area contributed by atoms with Crippen molar-refractivity contribution in [3.8, 4) is 0 Å². The summed E-state index contributed by atoms with van der Waals surface area (Å²) in [6.07, 6.45) is -0.863. The fraction of sp³-hybridized carbons (Fsp3) is 0.529. The number of benzene rings is 1. The van der Waals surface area contributed by atoms with Crippen molar-refractivity contribution in [1.82, 2.24) is 4.90 Å². The van der Waals surface area contributed by atoms with Crippen LogP contribution in [0.2, 0.25) is 0 Å². The summed E-state index contributed by atoms with van der Waals surface area (Å²) in [5.41, 5.74) is 0.291. The standard InChI is InChI=1S/C17H21NO5/c1-17(2,3)23-16(20)18-9-12-14(22-12)13(18)15(19)21-10-11-7-5-4-6-8-11/h4-8,12-14H,9-10H2,1-3H3/t12-,13+,14?/m1/s1. The van der Waals surface area contributed by atoms with E-state index in [2.05, 4.69) is 0 Å². The molecule has 3 rings (SSSR count). The van der Waals surface area contributed by atoms with Crippen LogP contribution in [-0.2, 0) is 25.6 Å². The molecule has 0 aromatic heterocycles. The van der Waals surface area contributed by atoms with Crippen LogP contribution in [0.5, 0.6) is 0 Å². The zero-order chi connectivity index (χ0) is 16.6. The number of carbonyl (C=O) groups excluding carboxylic acids is 2. The summed E-state index contributed by atoms with van der Waals surface area (Å²) in [5, 5.41) is 0. The summed E-state index contributed by atoms with van der Waals surface area (Å²) in [6.45, 7) is 5.92. The Morgan fingerprint density at radius 1 is 1.26 bits per heavy atom. The van der Waals surface area contributed by atoms with Crippen molar-refractivity contribution in [1.29, 1.82) is 0 Å². The number of epoxide rings is 1. The Bertz CT molecular complexity index is 595. The largest absolute Gasteiger partial charge is 0.459 e. The quantitative estimate of drug-likeness (QED) is 0.630. The number of rotatable bonds is 3. The van der Waals surface area contributed by atoms with Gasteiger partial charge in [-0.25, -0.2) is 9.59 Å². The number of hydrogen-bond acceptors (Lipinski definition) is 5. The molecule has 0 aliphatic carbocycles. The van der Waals surface area contributed by atoms with Gasteiger partial charge < -0.3 is 14.2 Å². The first-order valence-electron chi connectivity index (χ1n) is 7.71. The molecule has 0 spiro atoms. The normalized spacial score (nSPS) is 25.7. The van der Waals surface area contributed by atoms with E-state index in [0.29, 0.717) is 6.54 Å². The number of likely N-dealkylation sites (tertiary alicyclic amines) is 1. The van der Waals surface area contributed by atoms with Crippen LogP contribution in [0.3, 0.4) is 0 Å². The molecular formula is C17H21NO5. The SMILES string of the molecule is CC(C)(C)OC(=O)N1C[C@H]2OC2[C@H]1C(=O)OCc1ccccc1. The first-order valence-corrected chi connectivity index (χ1v) is 7.71. The highest BCUT2D eigenvalue weighted by Gasteiger charge is 2.60. The van der Waals surface area contributed by atoms with Gasteiger partial charge in [-0.2, -0.15) is 0 Å². The lowest BCUT2D eigenvalue weighted by Gasteiger charge is -2.28. The summed E-state index contributed by atoms with van der Waals surface area (Å²) in [7, 11) is 0. The molecule has 2 fully saturated rings. The van der Waals surface area contributed by atoms with Gasteiger partial charge in [-0.1, -0.05) is 30.3 Å². The van der Waals surface area contributed by atoms with Crippen LogP contribution < -0.4 is 0 Å². The molecule has 2 heterocycles. The number of esters is 1. The zero-order valence-corrected chi connectivity index (χ0v) is 13.5. The second-order valence-corrected chi connectivity index (χ2v) is 6.81. The number of ether oxygens (including phenoxy) is 3. The van der Waals surface area contributed by atoms with Gasteiger partial charge in [0.1, 0.15) is 24.4 Å². The lowest BCUT2D eigenvalue weighted by molar-refractivity contribution is -0.151. The molecule has 2 saturated heterocycles. The molecule has 2 aliphatic heterocycles. The fourth-order valence-corrected chi connectivity index (χ4v) is 2.65. The van der Waals surface area contributed by atoms with Crippen LogP contribution in [0.25, 0.3) is 0 Å². The molecule has 23 heavy (non-hydrogen) atoms. The van der Waals surface area contributed by atoms with E-state index in [1.165, 1.54) is 4.90 Å². The van der Waals surface area contributed by atoms with Gasteiger partial charge in [0.2, 0.25) is 0 Å². The number of nitrogens with zero attached hydrogens (tertiary/aromatic N) is 1. The maximum atomic E-state index is 12.4. The molecule has 6 heteroatoms. The summed E-state index contributed by atoms with van der Waals surface area (Å²) in [4.78, 5) is 26.1. The van der Waals surface area contributed by atoms with E-state index in [4.69, 9.17) is 14.2 Å². The van der Waals surface area contributed by atoms with E-state index in [1.54, 1.807) is 20.8 Å². The first-order chi connectivity index (χ1) is 10.8. The van der Waals surface area contributed by atoms with Gasteiger partial charge in [-0.05, 0) is 26.3 Å². The van der Waals surface area contributed by atoms with Crippen molar-refractivity contribution in [3.63, 3.8) is 0 Å². The summed E-state index contributed by atoms with van der Waals surface area (Å²) in [5.74, 6) is -0.454. The smallest absolute Gasteiger partial charge is 0.411 e. The van der Waals surface area contributed by atoms with Crippen LogP contribution in [0, 0.1) is 0 Å². The Kier molecular flexibility index (Phi) is 4.02. The van der Waals surface area contributed by atoms with Crippen LogP contribution in [-0.4, -0.2) is 47.4 Å². The van der Waals surface area contributed by atoms with E-state index in [-0.39, 0.29) is 18.8 Å².